The van der Waals surface area contributed by atoms with Crippen molar-refractivity contribution in [1.82, 2.24) is 10.3 Å². The van der Waals surface area contributed by atoms with Crippen LogP contribution in [0.2, 0.25) is 0 Å². The molecular weight excluding hydrogens is 1910 g/mol. The first kappa shape index (κ1) is 121. The lowest BCUT2D eigenvalue weighted by Gasteiger charge is -2.71. The zero-order chi connectivity index (χ0) is 107. The number of hydrogen-bond acceptors (Lipinski definition) is 48. The number of carbonyl (C=O) groups excluding carboxylic acids is 4. The SMILES string of the molecule is CCC(OC(O)C(O)C(OC(O)C(O)C(O)C(C)O)C(CC)OC(C)=O)/C(O)=C(/OC1OC(C)C(OC(O)C(O)C(OC(O)C(O)C(O)C(O)CCO)C(C)O)C(O)C1O)C(O)OC(=O)[C@@H]1CC(C)(C)CC2C3=CCC4[C@@]5(C)CC[C@H](OC6OC(C(=O)O)[C@H](O)C(OC(O)/C(O)=C(/O)C(C)O)C6OC(O)/C(O)=C(/O)C(O)CCO)[C@@](C)(/C=N/NCCCCCCN6C(=O)C=CC6=O)C5CC[C@@]4(C)[C@]3(C)C[C@@H](O)C21. The Balaban J connectivity index is 1.15. The molecule has 31 N–H and O–H groups in total. The summed E-state index contributed by atoms with van der Waals surface area (Å²) >= 11 is 0. The van der Waals surface area contributed by atoms with Crippen LogP contribution >= 0.6 is 0 Å². The van der Waals surface area contributed by atoms with Crippen LogP contribution in [-0.2, 0) is 80.8 Å². The largest absolute Gasteiger partial charge is 0.506 e. The molecule has 43 atom stereocenters. The zero-order valence-corrected chi connectivity index (χ0v) is 82.2. The van der Waals surface area contributed by atoms with E-state index in [2.05, 4.69) is 25.3 Å². The van der Waals surface area contributed by atoms with Crippen molar-refractivity contribution in [3.05, 3.63) is 58.4 Å². The Bertz CT molecular complexity index is 4310. The monoisotopic (exact) mass is 2060 g/mol. The van der Waals surface area contributed by atoms with Crippen LogP contribution in [0.3, 0.4) is 0 Å². The zero-order valence-electron chi connectivity index (χ0n) is 82.2. The van der Waals surface area contributed by atoms with E-state index in [0.717, 1.165) is 45.1 Å². The first-order valence-electron chi connectivity index (χ1n) is 48.3. The summed E-state index contributed by atoms with van der Waals surface area (Å²) in [6.45, 7) is 18.6. The number of hydrogen-bond donors (Lipinski definition) is 31. The van der Waals surface area contributed by atoms with Gasteiger partial charge in [0.1, 0.15) is 110 Å². The molecule has 0 spiro atoms. The van der Waals surface area contributed by atoms with Crippen molar-refractivity contribution in [2.45, 2.75) is 402 Å². The third-order valence-corrected chi connectivity index (χ3v) is 29.9. The Labute approximate surface area is 825 Å². The predicted octanol–water partition coefficient (Wildman–Crippen LogP) is -4.25. The molecule has 5 aliphatic carbocycles. The van der Waals surface area contributed by atoms with Crippen molar-refractivity contribution in [2.75, 3.05) is 26.3 Å². The highest BCUT2D eigenvalue weighted by Gasteiger charge is 2.71. The van der Waals surface area contributed by atoms with Crippen molar-refractivity contribution in [3.63, 3.8) is 0 Å². The van der Waals surface area contributed by atoms with Crippen molar-refractivity contribution in [2.24, 2.45) is 61.8 Å². The van der Waals surface area contributed by atoms with Gasteiger partial charge in [0.25, 0.3) is 18.1 Å². The fourth-order valence-corrected chi connectivity index (χ4v) is 22.0. The minimum Gasteiger partial charge on any atom is -0.506 e. The molecule has 0 aromatic rings. The fraction of sp³-hybridized carbons (Fsp3) is 0.828. The van der Waals surface area contributed by atoms with Gasteiger partial charge in [-0.1, -0.05) is 79.9 Å². The molecule has 50 nitrogen and oxygen atoms in total. The lowest BCUT2D eigenvalue weighted by atomic mass is 9.34. The van der Waals surface area contributed by atoms with E-state index in [9.17, 15) is 172 Å². The van der Waals surface area contributed by atoms with E-state index in [1.807, 2.05) is 27.7 Å². The van der Waals surface area contributed by atoms with Gasteiger partial charge in [0.05, 0.1) is 42.5 Å². The molecule has 6 fully saturated rings. The summed E-state index contributed by atoms with van der Waals surface area (Å²) in [5.74, 6) is -17.0. The van der Waals surface area contributed by atoms with Gasteiger partial charge in [-0.05, 0) is 151 Å². The Kier molecular flexibility index (Phi) is 43.8. The second-order valence-corrected chi connectivity index (χ2v) is 40.4. The number of allylic oxidation sites excluding steroid dienone is 2. The van der Waals surface area contributed by atoms with E-state index in [-0.39, 0.29) is 51.1 Å². The first-order valence-corrected chi connectivity index (χ1v) is 48.3. The Morgan fingerprint density at radius 3 is 1.73 bits per heavy atom. The van der Waals surface area contributed by atoms with Gasteiger partial charge in [0.15, 0.2) is 66.3 Å². The number of fused-ring (bicyclic) bond motifs is 7. The van der Waals surface area contributed by atoms with Crippen LogP contribution in [0.25, 0.3) is 0 Å². The molecule has 35 unspecified atom stereocenters. The van der Waals surface area contributed by atoms with Gasteiger partial charge in [-0.3, -0.25) is 24.1 Å². The highest BCUT2D eigenvalue weighted by Crippen LogP contribution is 2.75. The highest BCUT2D eigenvalue weighted by molar-refractivity contribution is 6.12. The molecule has 143 heavy (non-hydrogen) atoms. The molecule has 8 rings (SSSR count). The number of carbonyl (C=O) groups is 5. The van der Waals surface area contributed by atoms with Crippen LogP contribution in [0.15, 0.2) is 63.5 Å². The molecule has 8 aliphatic rings. The molecule has 4 saturated carbocycles. The fourth-order valence-electron chi connectivity index (χ4n) is 22.0. The molecule has 0 aromatic heterocycles. The summed E-state index contributed by atoms with van der Waals surface area (Å²) in [5, 5.41) is 336. The molecule has 3 heterocycles. The maximum Gasteiger partial charge on any atom is 0.335 e. The van der Waals surface area contributed by atoms with E-state index >= 15 is 4.79 Å². The molecule has 50 heteroatoms. The Hall–Kier alpha value is -6.80. The lowest BCUT2D eigenvalue weighted by molar-refractivity contribution is -0.355. The molecule has 3 aliphatic heterocycles. The smallest absolute Gasteiger partial charge is 0.335 e. The number of aliphatic hydroxyl groups excluding tert-OH is 29. The summed E-state index contributed by atoms with van der Waals surface area (Å²) in [6.07, 6.45) is -67.0. The third kappa shape index (κ3) is 27.7. The van der Waals surface area contributed by atoms with E-state index in [0.29, 0.717) is 51.4 Å². The summed E-state index contributed by atoms with van der Waals surface area (Å²) < 4.78 is 69.7. The average molecular weight is 2070 g/mol. The second kappa shape index (κ2) is 51.6. The number of carboxylic acid groups (broad SMARTS) is 1. The summed E-state index contributed by atoms with van der Waals surface area (Å²) in [4.78, 5) is 67.0. The van der Waals surface area contributed by atoms with Gasteiger partial charge in [0, 0.05) is 69.3 Å². The van der Waals surface area contributed by atoms with Crippen molar-refractivity contribution >= 4 is 35.9 Å². The third-order valence-electron chi connectivity index (χ3n) is 29.9. The Morgan fingerprint density at radius 2 is 1.16 bits per heavy atom. The number of nitrogens with one attached hydrogen (secondary N) is 1. The van der Waals surface area contributed by atoms with E-state index in [4.69, 9.17) is 61.9 Å². The Morgan fingerprint density at radius 1 is 0.580 bits per heavy atom. The van der Waals surface area contributed by atoms with Crippen LogP contribution in [-0.4, -0.2) is 430 Å². The summed E-state index contributed by atoms with van der Waals surface area (Å²) in [5.41, 5.74) is -0.754. The maximum absolute atomic E-state index is 15.7. The summed E-state index contributed by atoms with van der Waals surface area (Å²) in [7, 11) is 0. The minimum absolute atomic E-state index is 0.0196. The molecular formula is C93H153N3O47. The number of ether oxygens (including phenoxy) is 12. The molecule has 2 amide bonds. The molecule has 0 aromatic carbocycles. The number of rotatable bonds is 53. The average Bonchev–Trinajstić information content (AvgIpc) is 0.906. The number of amides is 2. The van der Waals surface area contributed by atoms with Gasteiger partial charge in [0.2, 0.25) is 24.6 Å². The van der Waals surface area contributed by atoms with Crippen LogP contribution in [0.4, 0.5) is 0 Å². The number of unbranched alkanes of at least 4 members (excludes halogenated alkanes) is 3. The van der Waals surface area contributed by atoms with Gasteiger partial charge in [-0.15, -0.1) is 0 Å². The van der Waals surface area contributed by atoms with Crippen molar-refractivity contribution < 1.29 is 234 Å². The normalized spacial score (nSPS) is 35.1. The van der Waals surface area contributed by atoms with Gasteiger partial charge >= 0.3 is 17.9 Å². The van der Waals surface area contributed by atoms with Gasteiger partial charge in [-0.25, -0.2) is 4.79 Å². The van der Waals surface area contributed by atoms with E-state index in [1.54, 1.807) is 6.21 Å². The maximum atomic E-state index is 15.7. The van der Waals surface area contributed by atoms with Gasteiger partial charge in [-0.2, -0.15) is 5.10 Å². The number of carboxylic acids is 1. The number of aliphatic hydroxyl groups is 29. The summed E-state index contributed by atoms with van der Waals surface area (Å²) in [6, 6.07) is 0. The van der Waals surface area contributed by atoms with Crippen molar-refractivity contribution in [3.8, 4) is 0 Å². The van der Waals surface area contributed by atoms with Crippen LogP contribution in [0, 0.1) is 56.7 Å². The number of aliphatic carboxylic acids is 1. The number of imide groups is 1. The van der Waals surface area contributed by atoms with E-state index < -0.39 is 357 Å². The van der Waals surface area contributed by atoms with Gasteiger partial charge < -0.3 is 215 Å². The molecule has 822 valence electrons. The molecule has 2 saturated heterocycles. The minimum atomic E-state index is -2.89. The quantitative estimate of drug-likeness (QED) is 0.00316. The molecule has 0 bridgehead atoms. The number of hydrazone groups is 1. The lowest BCUT2D eigenvalue weighted by Crippen LogP contribution is -2.67. The van der Waals surface area contributed by atoms with Crippen molar-refractivity contribution in [1.29, 1.82) is 0 Å². The van der Waals surface area contributed by atoms with Crippen LogP contribution < -0.4 is 5.43 Å². The first-order chi connectivity index (χ1) is 66.7. The number of nitrogens with zero attached hydrogens (tertiary/aromatic N) is 2. The number of esters is 2. The molecule has 0 radical (unpaired) electrons. The van der Waals surface area contributed by atoms with E-state index in [1.165, 1.54) is 26.0 Å². The topological polar surface area (TPSA) is 831 Å². The van der Waals surface area contributed by atoms with Crippen LogP contribution in [0.1, 0.15) is 193 Å². The second-order valence-electron chi connectivity index (χ2n) is 40.4. The van der Waals surface area contributed by atoms with Crippen LogP contribution in [0.5, 0.6) is 0 Å². The standard InChI is InChI=1S/C93H153N3O47/c1-14-49(134-84(129)70(121)73(50(15-2)133-42(7)102)138-80(125)63(114)57(108)38(3)99)61(112)76(142-87-67(118)62(113)72(41(6)132-87)137-85(130)69(120)71(40(5)101)136-82(127)65(116)59(110)46(103)26-32-97)86(131)143-79(124)44-35-89(8,9)34-43-45-20-21-52-90(10)28-25-53(135-88-77(140-83(128)66(117)60(111)47(104)27-33-98)74(68(119)75(141-88)78(122)123)139-81(126)64(115)58(109)39(4)100)91(11,51(90)24-29-92(52,12)93(45,13)36-48(105)56(43)44)37-95-94-30-18-16-17-19-31-96-54(106)22-23-55(96)107/h20,22-23,37-41,43-44,46-53,56-57,59,62-63,65,67-75,77,80-88,94,97-101,103-105,108-121,125-131H,14-19,21,24-36H2,1-13H3,(H,122,123)/b64-58-,66-60-,76-61-,95-37+/t38?,39?,40?,41?,43?,44-,46?,47?,48-,49?,50?,51?,52?,53+,56?,57?,59?,62?,63?,65?,67?,68-,69?,70?,71?,72?,73?,74?,75?,77?,80?,81?,82?,83?,84?,85?,86?,87?,88?,90+,91+,92-,93-/m1/s1. The highest BCUT2D eigenvalue weighted by atomic mass is 16.8. The predicted molar refractivity (Wildman–Crippen MR) is 484 cm³/mol.